The predicted molar refractivity (Wildman–Crippen MR) is 71.8 cm³/mol. The highest BCUT2D eigenvalue weighted by atomic mass is 32.2. The zero-order chi connectivity index (χ0) is 13.0. The molecule has 2 rings (SSSR count). The van der Waals surface area contributed by atoms with Gasteiger partial charge in [0.25, 0.3) is 0 Å². The Bertz CT molecular complexity index is 526. The molecule has 0 radical (unpaired) electrons. The molecule has 0 saturated heterocycles. The Labute approximate surface area is 110 Å². The van der Waals surface area contributed by atoms with Gasteiger partial charge < -0.3 is 5.32 Å². The molecule has 0 aliphatic carbocycles. The molecule has 0 saturated carbocycles. The first kappa shape index (κ1) is 12.8. The van der Waals surface area contributed by atoms with Crippen LogP contribution in [0.5, 0.6) is 0 Å². The van der Waals surface area contributed by atoms with Crippen LogP contribution in [0.3, 0.4) is 0 Å². The van der Waals surface area contributed by atoms with Crippen LogP contribution in [0.4, 0.5) is 5.82 Å². The van der Waals surface area contributed by atoms with E-state index < -0.39 is 0 Å². The number of aryl methyl sites for hydroxylation is 1. The second kappa shape index (κ2) is 5.77. The second-order valence-corrected chi connectivity index (χ2v) is 4.71. The van der Waals surface area contributed by atoms with Crippen LogP contribution in [0.1, 0.15) is 18.1 Å². The van der Waals surface area contributed by atoms with Crippen molar-refractivity contribution in [3.05, 3.63) is 29.8 Å². The summed E-state index contributed by atoms with van der Waals surface area (Å²) < 4.78 is 0. The lowest BCUT2D eigenvalue weighted by molar-refractivity contribution is 0.917. The minimum atomic E-state index is 0.705. The summed E-state index contributed by atoms with van der Waals surface area (Å²) in [7, 11) is 1.86. The average Bonchev–Trinajstić information content (AvgIpc) is 2.41. The molecule has 0 bridgehead atoms. The summed E-state index contributed by atoms with van der Waals surface area (Å²) in [5.41, 5.74) is 2.14. The molecule has 0 aliphatic rings. The van der Waals surface area contributed by atoms with Crippen molar-refractivity contribution in [2.24, 2.45) is 0 Å². The van der Waals surface area contributed by atoms with E-state index in [2.05, 4.69) is 32.2 Å². The molecule has 0 aliphatic heterocycles. The van der Waals surface area contributed by atoms with E-state index >= 15 is 0 Å². The maximum Gasteiger partial charge on any atom is 0.193 e. The van der Waals surface area contributed by atoms with Crippen molar-refractivity contribution in [3.63, 3.8) is 0 Å². The van der Waals surface area contributed by atoms with Crippen molar-refractivity contribution in [2.45, 2.75) is 30.5 Å². The summed E-state index contributed by atoms with van der Waals surface area (Å²) in [6, 6.07) is 0. The number of anilines is 1. The number of nitrogens with zero attached hydrogens (tertiary/aromatic N) is 4. The van der Waals surface area contributed by atoms with Crippen LogP contribution in [0, 0.1) is 6.92 Å². The van der Waals surface area contributed by atoms with Crippen LogP contribution in [-0.2, 0) is 6.42 Å². The van der Waals surface area contributed by atoms with Crippen LogP contribution in [0.25, 0.3) is 0 Å². The minimum absolute atomic E-state index is 0.705. The molecule has 0 amide bonds. The van der Waals surface area contributed by atoms with Gasteiger partial charge in [-0.1, -0.05) is 6.92 Å². The summed E-state index contributed by atoms with van der Waals surface area (Å²) in [5, 5.41) is 4.68. The zero-order valence-electron chi connectivity index (χ0n) is 10.6. The van der Waals surface area contributed by atoms with Crippen molar-refractivity contribution in [1.29, 1.82) is 0 Å². The van der Waals surface area contributed by atoms with E-state index in [4.69, 9.17) is 0 Å². The van der Waals surface area contributed by atoms with Gasteiger partial charge in [-0.05, 0) is 30.7 Å². The molecule has 0 unspecified atom stereocenters. The maximum absolute atomic E-state index is 4.31. The van der Waals surface area contributed by atoms with Crippen molar-refractivity contribution < 1.29 is 0 Å². The Balaban J connectivity index is 2.31. The van der Waals surface area contributed by atoms with Gasteiger partial charge in [-0.2, -0.15) is 0 Å². The van der Waals surface area contributed by atoms with Gasteiger partial charge in [0.2, 0.25) is 0 Å². The van der Waals surface area contributed by atoms with Crippen LogP contribution < -0.4 is 5.32 Å². The highest BCUT2D eigenvalue weighted by Gasteiger charge is 2.11. The van der Waals surface area contributed by atoms with Crippen molar-refractivity contribution >= 4 is 17.6 Å². The quantitative estimate of drug-likeness (QED) is 0.673. The Kier molecular flexibility index (Phi) is 4.09. The van der Waals surface area contributed by atoms with E-state index in [9.17, 15) is 0 Å². The van der Waals surface area contributed by atoms with Gasteiger partial charge in [-0.3, -0.25) is 0 Å². The summed E-state index contributed by atoms with van der Waals surface area (Å²) in [5.74, 6) is 0.863. The predicted octanol–water partition coefficient (Wildman–Crippen LogP) is 2.33. The Morgan fingerprint density at radius 2 is 1.89 bits per heavy atom. The first-order valence-electron chi connectivity index (χ1n) is 5.72. The lowest BCUT2D eigenvalue weighted by atomic mass is 10.2. The molecule has 5 nitrogen and oxygen atoms in total. The second-order valence-electron chi connectivity index (χ2n) is 3.75. The molecule has 0 aromatic carbocycles. The molecule has 6 heteroatoms. The molecule has 2 aromatic heterocycles. The fraction of sp³-hybridized carbons (Fsp3) is 0.333. The van der Waals surface area contributed by atoms with Crippen molar-refractivity contribution in [2.75, 3.05) is 12.4 Å². The van der Waals surface area contributed by atoms with Gasteiger partial charge in [0.15, 0.2) is 5.16 Å². The molecule has 2 heterocycles. The smallest absolute Gasteiger partial charge is 0.193 e. The van der Waals surface area contributed by atoms with Gasteiger partial charge in [0.1, 0.15) is 17.2 Å². The summed E-state index contributed by atoms with van der Waals surface area (Å²) >= 11 is 1.46. The fourth-order valence-electron chi connectivity index (χ4n) is 1.54. The normalized spacial score (nSPS) is 10.4. The zero-order valence-corrected chi connectivity index (χ0v) is 11.5. The number of nitrogens with one attached hydrogen (secondary N) is 1. The van der Waals surface area contributed by atoms with Gasteiger partial charge in [0.05, 0.1) is 0 Å². The van der Waals surface area contributed by atoms with E-state index in [-0.39, 0.29) is 0 Å². The molecule has 18 heavy (non-hydrogen) atoms. The van der Waals surface area contributed by atoms with Gasteiger partial charge in [-0.15, -0.1) is 0 Å². The number of hydrogen-bond donors (Lipinski definition) is 1. The van der Waals surface area contributed by atoms with E-state index in [1.807, 2.05) is 14.0 Å². The lowest BCUT2D eigenvalue weighted by Gasteiger charge is -2.09. The SMILES string of the molecule is CCc1c(NC)ncnc1Sc1ncc(C)cn1. The summed E-state index contributed by atoms with van der Waals surface area (Å²) in [4.78, 5) is 17.1. The number of aromatic nitrogens is 4. The first-order chi connectivity index (χ1) is 8.74. The monoisotopic (exact) mass is 261 g/mol. The third kappa shape index (κ3) is 2.76. The van der Waals surface area contributed by atoms with Crippen LogP contribution in [0.15, 0.2) is 28.9 Å². The third-order valence-corrected chi connectivity index (χ3v) is 3.38. The molecule has 0 atom stereocenters. The Morgan fingerprint density at radius 3 is 2.50 bits per heavy atom. The third-order valence-electron chi connectivity index (χ3n) is 2.44. The maximum atomic E-state index is 4.31. The standard InChI is InChI=1S/C12H15N5S/c1-4-9-10(13-3)16-7-17-11(9)18-12-14-5-8(2)6-15-12/h5-7H,4H2,1-3H3,(H,13,16,17). The average molecular weight is 261 g/mol. The largest absolute Gasteiger partial charge is 0.373 e. The summed E-state index contributed by atoms with van der Waals surface area (Å²) in [6.07, 6.45) is 6.04. The molecule has 2 aromatic rings. The minimum Gasteiger partial charge on any atom is -0.373 e. The molecule has 0 spiro atoms. The van der Waals surface area contributed by atoms with E-state index in [1.54, 1.807) is 18.7 Å². The van der Waals surface area contributed by atoms with E-state index in [1.165, 1.54) is 11.8 Å². The van der Waals surface area contributed by atoms with Crippen molar-refractivity contribution in [1.82, 2.24) is 19.9 Å². The van der Waals surface area contributed by atoms with E-state index in [0.717, 1.165) is 28.4 Å². The van der Waals surface area contributed by atoms with Crippen LogP contribution in [0.2, 0.25) is 0 Å². The first-order valence-corrected chi connectivity index (χ1v) is 6.54. The lowest BCUT2D eigenvalue weighted by Crippen LogP contribution is -2.01. The molecular formula is C12H15N5S. The van der Waals surface area contributed by atoms with Crippen LogP contribution in [-0.4, -0.2) is 27.0 Å². The molecule has 94 valence electrons. The van der Waals surface area contributed by atoms with Crippen LogP contribution >= 0.6 is 11.8 Å². The number of hydrogen-bond acceptors (Lipinski definition) is 6. The molecular weight excluding hydrogens is 246 g/mol. The number of rotatable bonds is 4. The van der Waals surface area contributed by atoms with Gasteiger partial charge >= 0.3 is 0 Å². The molecule has 1 N–H and O–H groups in total. The summed E-state index contributed by atoms with van der Waals surface area (Å²) in [6.45, 7) is 4.05. The Hall–Kier alpha value is -1.69. The highest BCUT2D eigenvalue weighted by Crippen LogP contribution is 2.28. The van der Waals surface area contributed by atoms with E-state index in [0.29, 0.717) is 5.16 Å². The highest BCUT2D eigenvalue weighted by molar-refractivity contribution is 7.99. The fourth-order valence-corrected chi connectivity index (χ4v) is 2.39. The Morgan fingerprint density at radius 1 is 1.17 bits per heavy atom. The van der Waals surface area contributed by atoms with Gasteiger partial charge in [0, 0.05) is 25.0 Å². The molecule has 0 fully saturated rings. The van der Waals surface area contributed by atoms with Gasteiger partial charge in [-0.25, -0.2) is 19.9 Å². The van der Waals surface area contributed by atoms with Crippen molar-refractivity contribution in [3.8, 4) is 0 Å². The topological polar surface area (TPSA) is 63.6 Å².